The summed E-state index contributed by atoms with van der Waals surface area (Å²) < 4.78 is 17.4. The molecule has 1 heterocycles. The van der Waals surface area contributed by atoms with Crippen LogP contribution in [0.1, 0.15) is 36.8 Å². The molecule has 37 heavy (non-hydrogen) atoms. The van der Waals surface area contributed by atoms with Gasteiger partial charge in [0, 0.05) is 35.5 Å². The standard InChI is InChI=1S/C30H28FN3O3/c1-33-29-23(16-32-33)15-21-5-3-6-22(27(21)28(29)31)17-34(30(37)25-14-19-8-10-20(25)12-19)24-7-2-4-18(13-24)9-11-26(35)36/h2-7,9,11,13,15-16,19-20,25H,8,10,12,14,17H2,1H3,(H,35,36)/t19-,20+,25?/m0/s1. The molecule has 2 aliphatic rings. The van der Waals surface area contributed by atoms with E-state index in [2.05, 4.69) is 5.10 Å². The summed E-state index contributed by atoms with van der Waals surface area (Å²) >= 11 is 0. The van der Waals surface area contributed by atoms with Gasteiger partial charge in [0.25, 0.3) is 0 Å². The first-order valence-electron chi connectivity index (χ1n) is 12.7. The Bertz CT molecular complexity index is 1570. The highest BCUT2D eigenvalue weighted by molar-refractivity contribution is 6.01. The Morgan fingerprint density at radius 1 is 1.14 bits per heavy atom. The molecule has 1 N–H and O–H groups in total. The number of rotatable bonds is 6. The van der Waals surface area contributed by atoms with Gasteiger partial charge in [-0.2, -0.15) is 5.10 Å². The summed E-state index contributed by atoms with van der Waals surface area (Å²) in [6, 6.07) is 14.9. The van der Waals surface area contributed by atoms with Gasteiger partial charge in [0.15, 0.2) is 5.82 Å². The van der Waals surface area contributed by atoms with E-state index in [-0.39, 0.29) is 24.2 Å². The van der Waals surface area contributed by atoms with Gasteiger partial charge < -0.3 is 10.0 Å². The number of amides is 1. The van der Waals surface area contributed by atoms with Gasteiger partial charge in [-0.05, 0) is 71.9 Å². The first-order valence-corrected chi connectivity index (χ1v) is 12.7. The van der Waals surface area contributed by atoms with E-state index in [1.165, 1.54) is 17.2 Å². The number of aliphatic carboxylic acids is 1. The number of hydrogen-bond donors (Lipinski definition) is 1. The lowest BCUT2D eigenvalue weighted by atomic mass is 9.87. The van der Waals surface area contributed by atoms with Crippen molar-refractivity contribution in [3.63, 3.8) is 0 Å². The van der Waals surface area contributed by atoms with Crippen molar-refractivity contribution >= 4 is 45.3 Å². The molecule has 0 saturated heterocycles. The van der Waals surface area contributed by atoms with Crippen molar-refractivity contribution < 1.29 is 19.1 Å². The number of halogens is 1. The van der Waals surface area contributed by atoms with E-state index in [0.29, 0.717) is 34.0 Å². The van der Waals surface area contributed by atoms with Gasteiger partial charge in [-0.3, -0.25) is 9.48 Å². The van der Waals surface area contributed by atoms with E-state index in [1.54, 1.807) is 24.2 Å². The van der Waals surface area contributed by atoms with Crippen molar-refractivity contribution in [3.05, 3.63) is 77.7 Å². The third kappa shape index (κ3) is 4.18. The molecular formula is C30H28FN3O3. The molecule has 1 aromatic heterocycles. The SMILES string of the molecule is Cn1ncc2cc3cccc(CN(C(=O)C4C[C@H]5CC[C@@H]4C5)c4cccc(C=CC(=O)O)c4)c3c(F)c21. The molecule has 4 aromatic rings. The second-order valence-electron chi connectivity index (χ2n) is 10.4. The van der Waals surface area contributed by atoms with Gasteiger partial charge in [0.05, 0.1) is 12.7 Å². The Hall–Kier alpha value is -4.00. The zero-order valence-corrected chi connectivity index (χ0v) is 20.6. The number of aryl methyl sites for hydroxylation is 1. The molecule has 0 spiro atoms. The van der Waals surface area contributed by atoms with Crippen LogP contribution in [0.3, 0.4) is 0 Å². The minimum atomic E-state index is -1.03. The summed E-state index contributed by atoms with van der Waals surface area (Å²) in [6.45, 7) is 0.219. The molecule has 188 valence electrons. The summed E-state index contributed by atoms with van der Waals surface area (Å²) in [6.07, 6.45) is 8.54. The van der Waals surface area contributed by atoms with Crippen LogP contribution >= 0.6 is 0 Å². The zero-order chi connectivity index (χ0) is 25.7. The minimum Gasteiger partial charge on any atom is -0.478 e. The van der Waals surface area contributed by atoms with E-state index < -0.39 is 5.97 Å². The predicted octanol–water partition coefficient (Wildman–Crippen LogP) is 5.93. The quantitative estimate of drug-likeness (QED) is 0.335. The van der Waals surface area contributed by atoms with E-state index in [1.807, 2.05) is 42.5 Å². The minimum absolute atomic E-state index is 0.0411. The lowest BCUT2D eigenvalue weighted by molar-refractivity contribution is -0.131. The van der Waals surface area contributed by atoms with Crippen molar-refractivity contribution in [2.75, 3.05) is 4.90 Å². The fourth-order valence-electron chi connectivity index (χ4n) is 6.43. The van der Waals surface area contributed by atoms with Gasteiger partial charge in [0.2, 0.25) is 5.91 Å². The molecule has 2 aliphatic carbocycles. The Kier molecular flexibility index (Phi) is 5.78. The number of aromatic nitrogens is 2. The second kappa shape index (κ2) is 9.14. The summed E-state index contributed by atoms with van der Waals surface area (Å²) in [5, 5.41) is 15.3. The Labute approximate surface area is 214 Å². The van der Waals surface area contributed by atoms with Crippen molar-refractivity contribution in [1.82, 2.24) is 9.78 Å². The fourth-order valence-corrected chi connectivity index (χ4v) is 6.43. The van der Waals surface area contributed by atoms with Crippen LogP contribution in [0.25, 0.3) is 27.8 Å². The van der Waals surface area contributed by atoms with Crippen molar-refractivity contribution in [2.45, 2.75) is 32.2 Å². The Morgan fingerprint density at radius 2 is 1.97 bits per heavy atom. The lowest BCUT2D eigenvalue weighted by Crippen LogP contribution is -2.38. The number of carboxylic acid groups (broad SMARTS) is 1. The maximum Gasteiger partial charge on any atom is 0.328 e. The van der Waals surface area contributed by atoms with Crippen LogP contribution in [-0.2, 0) is 23.2 Å². The highest BCUT2D eigenvalue weighted by atomic mass is 19.1. The summed E-state index contributed by atoms with van der Waals surface area (Å²) in [5.74, 6) is -0.347. The van der Waals surface area contributed by atoms with Crippen LogP contribution in [0.4, 0.5) is 10.1 Å². The first-order chi connectivity index (χ1) is 17.9. The first kappa shape index (κ1) is 23.4. The topological polar surface area (TPSA) is 75.4 Å². The number of nitrogens with zero attached hydrogens (tertiary/aromatic N) is 3. The highest BCUT2D eigenvalue weighted by Crippen LogP contribution is 2.49. The van der Waals surface area contributed by atoms with Crippen molar-refractivity contribution in [2.24, 2.45) is 24.8 Å². The maximum atomic E-state index is 15.9. The fraction of sp³-hybridized carbons (Fsp3) is 0.300. The molecule has 1 amide bonds. The van der Waals surface area contributed by atoms with Gasteiger partial charge in [-0.25, -0.2) is 9.18 Å². The molecule has 6 nitrogen and oxygen atoms in total. The molecule has 6 rings (SSSR count). The smallest absolute Gasteiger partial charge is 0.328 e. The average Bonchev–Trinajstić information content (AvgIpc) is 3.62. The van der Waals surface area contributed by atoms with Crippen LogP contribution in [-0.4, -0.2) is 26.8 Å². The molecular weight excluding hydrogens is 469 g/mol. The van der Waals surface area contributed by atoms with Crippen molar-refractivity contribution in [1.29, 1.82) is 0 Å². The Morgan fingerprint density at radius 3 is 2.73 bits per heavy atom. The number of hydrogen-bond acceptors (Lipinski definition) is 3. The van der Waals surface area contributed by atoms with Crippen LogP contribution in [0.5, 0.6) is 0 Å². The van der Waals surface area contributed by atoms with E-state index in [9.17, 15) is 9.59 Å². The van der Waals surface area contributed by atoms with Crippen LogP contribution in [0, 0.1) is 23.6 Å². The molecule has 3 aromatic carbocycles. The number of fused-ring (bicyclic) bond motifs is 4. The lowest BCUT2D eigenvalue weighted by Gasteiger charge is -2.30. The summed E-state index contributed by atoms with van der Waals surface area (Å²) in [5.41, 5.74) is 2.53. The van der Waals surface area contributed by atoms with Crippen LogP contribution in [0.2, 0.25) is 0 Å². The van der Waals surface area contributed by atoms with E-state index in [0.717, 1.165) is 41.7 Å². The third-order valence-electron chi connectivity index (χ3n) is 8.14. The monoisotopic (exact) mass is 497 g/mol. The molecule has 0 aliphatic heterocycles. The van der Waals surface area contributed by atoms with E-state index >= 15 is 4.39 Å². The normalized spacial score (nSPS) is 20.9. The number of carbonyl (C=O) groups excluding carboxylic acids is 1. The molecule has 7 heteroatoms. The number of carboxylic acids is 1. The van der Waals surface area contributed by atoms with Gasteiger partial charge in [-0.15, -0.1) is 0 Å². The van der Waals surface area contributed by atoms with E-state index in [4.69, 9.17) is 5.11 Å². The van der Waals surface area contributed by atoms with Crippen LogP contribution < -0.4 is 4.90 Å². The second-order valence-corrected chi connectivity index (χ2v) is 10.4. The van der Waals surface area contributed by atoms with Gasteiger partial charge in [0.1, 0.15) is 5.52 Å². The Balaban J connectivity index is 1.45. The number of carbonyl (C=O) groups is 2. The maximum absolute atomic E-state index is 15.9. The van der Waals surface area contributed by atoms with Crippen LogP contribution in [0.15, 0.2) is 60.8 Å². The van der Waals surface area contributed by atoms with Crippen molar-refractivity contribution in [3.8, 4) is 0 Å². The largest absolute Gasteiger partial charge is 0.478 e. The predicted molar refractivity (Wildman–Crippen MR) is 141 cm³/mol. The molecule has 2 bridgehead atoms. The molecule has 3 atom stereocenters. The van der Waals surface area contributed by atoms with Gasteiger partial charge in [-0.1, -0.05) is 36.8 Å². The number of anilines is 1. The van der Waals surface area contributed by atoms with Gasteiger partial charge >= 0.3 is 5.97 Å². The number of benzene rings is 3. The molecule has 1 unspecified atom stereocenters. The molecule has 2 fully saturated rings. The summed E-state index contributed by atoms with van der Waals surface area (Å²) in [7, 11) is 1.72. The molecule has 2 saturated carbocycles. The average molecular weight is 498 g/mol. The molecule has 0 radical (unpaired) electrons. The zero-order valence-electron chi connectivity index (χ0n) is 20.6. The third-order valence-corrected chi connectivity index (χ3v) is 8.14. The summed E-state index contributed by atoms with van der Waals surface area (Å²) in [4.78, 5) is 26.9. The highest BCUT2D eigenvalue weighted by Gasteiger charge is 2.44.